The summed E-state index contributed by atoms with van der Waals surface area (Å²) in [6.45, 7) is 12.6. The predicted molar refractivity (Wildman–Crippen MR) is 237 cm³/mol. The minimum absolute atomic E-state index is 0.0723. The molecule has 0 bridgehead atoms. The molecule has 4 N–H and O–H groups in total. The monoisotopic (exact) mass is 793 g/mol. The van der Waals surface area contributed by atoms with Crippen molar-refractivity contribution in [3.8, 4) is 0 Å². The molecule has 0 aliphatic rings. The fourth-order valence-corrected chi connectivity index (χ4v) is 7.40. The van der Waals surface area contributed by atoms with Crippen molar-refractivity contribution in [1.82, 2.24) is 10.6 Å². The van der Waals surface area contributed by atoms with Gasteiger partial charge >= 0.3 is 11.9 Å². The molecule has 0 aromatic carbocycles. The SMILES string of the molecule is CCCCCCCC/C=C\CCCCCCCC(=O)OC(C)(CNCCO)C(C)(OC(=O)CCCCCCC/C=C\CCCCCCCC)C(C)(C)NCCO. The van der Waals surface area contributed by atoms with Crippen molar-refractivity contribution in [1.29, 1.82) is 0 Å². The summed E-state index contributed by atoms with van der Waals surface area (Å²) in [7, 11) is 0. The fourth-order valence-electron chi connectivity index (χ4n) is 7.40. The molecule has 8 heteroatoms. The number of rotatable bonds is 41. The summed E-state index contributed by atoms with van der Waals surface area (Å²) in [4.78, 5) is 26.9. The van der Waals surface area contributed by atoms with Gasteiger partial charge in [-0.05, 0) is 91.9 Å². The Bertz CT molecular complexity index is 985. The molecule has 0 aliphatic carbocycles. The average molecular weight is 793 g/mol. The van der Waals surface area contributed by atoms with Gasteiger partial charge in [0, 0.05) is 32.5 Å². The molecule has 0 rings (SSSR count). The van der Waals surface area contributed by atoms with E-state index in [-0.39, 0.29) is 51.1 Å². The smallest absolute Gasteiger partial charge is 0.306 e. The number of esters is 2. The van der Waals surface area contributed by atoms with Gasteiger partial charge in [-0.1, -0.05) is 141 Å². The fraction of sp³-hybridized carbons (Fsp3) is 0.875. The van der Waals surface area contributed by atoms with E-state index in [1.807, 2.05) is 27.7 Å². The minimum atomic E-state index is -1.30. The van der Waals surface area contributed by atoms with Crippen LogP contribution in [0.4, 0.5) is 0 Å². The normalized spacial score (nSPS) is 14.4. The molecule has 0 spiro atoms. The van der Waals surface area contributed by atoms with Gasteiger partial charge in [0.25, 0.3) is 0 Å². The van der Waals surface area contributed by atoms with Crippen molar-refractivity contribution in [2.45, 2.75) is 238 Å². The average Bonchev–Trinajstić information content (AvgIpc) is 3.17. The van der Waals surface area contributed by atoms with Gasteiger partial charge in [-0.3, -0.25) is 9.59 Å². The van der Waals surface area contributed by atoms with Crippen LogP contribution in [0, 0.1) is 0 Å². The van der Waals surface area contributed by atoms with Gasteiger partial charge in [0.1, 0.15) is 0 Å². The van der Waals surface area contributed by atoms with E-state index < -0.39 is 16.7 Å². The Labute approximate surface area is 346 Å². The molecule has 0 heterocycles. The van der Waals surface area contributed by atoms with Crippen LogP contribution in [0.5, 0.6) is 0 Å². The summed E-state index contributed by atoms with van der Waals surface area (Å²) in [6.07, 6.45) is 40.7. The third kappa shape index (κ3) is 27.0. The molecule has 0 aromatic rings. The molecular formula is C48H92N2O6. The molecular weight excluding hydrogens is 701 g/mol. The van der Waals surface area contributed by atoms with Crippen LogP contribution in [0.25, 0.3) is 0 Å². The highest BCUT2D eigenvalue weighted by molar-refractivity contribution is 5.71. The summed E-state index contributed by atoms with van der Waals surface area (Å²) in [5.74, 6) is -0.654. The van der Waals surface area contributed by atoms with Crippen molar-refractivity contribution in [2.75, 3.05) is 32.8 Å². The molecule has 0 saturated heterocycles. The van der Waals surface area contributed by atoms with Crippen molar-refractivity contribution in [3.63, 3.8) is 0 Å². The van der Waals surface area contributed by atoms with Crippen molar-refractivity contribution in [3.05, 3.63) is 24.3 Å². The van der Waals surface area contributed by atoms with Gasteiger partial charge in [-0.25, -0.2) is 0 Å². The van der Waals surface area contributed by atoms with Crippen LogP contribution in [0.1, 0.15) is 221 Å². The minimum Gasteiger partial charge on any atom is -0.454 e. The maximum absolute atomic E-state index is 13.5. The van der Waals surface area contributed by atoms with E-state index in [4.69, 9.17) is 9.47 Å². The summed E-state index contributed by atoms with van der Waals surface area (Å²) in [6, 6.07) is 0. The van der Waals surface area contributed by atoms with Crippen LogP contribution in [0.15, 0.2) is 24.3 Å². The number of aliphatic hydroxyl groups is 2. The molecule has 2 unspecified atom stereocenters. The number of carbonyl (C=O) groups excluding carboxylic acids is 2. The van der Waals surface area contributed by atoms with Crippen LogP contribution in [-0.2, 0) is 19.1 Å². The Balaban J connectivity index is 4.97. The molecule has 2 atom stereocenters. The van der Waals surface area contributed by atoms with E-state index in [0.717, 1.165) is 64.2 Å². The number of carbonyl (C=O) groups is 2. The van der Waals surface area contributed by atoms with E-state index in [2.05, 4.69) is 48.8 Å². The summed E-state index contributed by atoms with van der Waals surface area (Å²) in [5.41, 5.74) is -3.42. The Hall–Kier alpha value is -1.74. The zero-order valence-corrected chi connectivity index (χ0v) is 37.7. The number of hydrogen-bond acceptors (Lipinski definition) is 8. The highest BCUT2D eigenvalue weighted by atomic mass is 16.6. The highest BCUT2D eigenvalue weighted by Crippen LogP contribution is 2.40. The number of ether oxygens (including phenoxy) is 2. The van der Waals surface area contributed by atoms with Crippen molar-refractivity contribution < 1.29 is 29.3 Å². The molecule has 0 radical (unpaired) electrons. The van der Waals surface area contributed by atoms with E-state index in [0.29, 0.717) is 6.54 Å². The van der Waals surface area contributed by atoms with Gasteiger partial charge in [0.05, 0.1) is 18.8 Å². The standard InChI is InChI=1S/C48H92N2O6/c1-7-9-11-13-15-17-19-21-23-25-27-29-31-33-35-37-44(53)55-47(5,43-49-39-41-51)48(6,46(3,4)50-40-42-52)56-45(54)38-36-34-32-30-28-26-24-22-20-18-16-14-12-10-8-2/h21-24,49-52H,7-20,25-43H2,1-6H3/b23-21-,24-22-. The number of aliphatic hydroxyl groups excluding tert-OH is 2. The quantitative estimate of drug-likeness (QED) is 0.0275. The number of unbranched alkanes of at least 4 members (excludes halogenated alkanes) is 22. The number of hydrogen-bond donors (Lipinski definition) is 4. The lowest BCUT2D eigenvalue weighted by atomic mass is 9.71. The van der Waals surface area contributed by atoms with E-state index in [1.54, 1.807) is 0 Å². The van der Waals surface area contributed by atoms with Gasteiger partial charge in [-0.15, -0.1) is 0 Å². The van der Waals surface area contributed by atoms with Crippen LogP contribution < -0.4 is 10.6 Å². The third-order valence-electron chi connectivity index (χ3n) is 11.6. The molecule has 0 saturated carbocycles. The molecule has 330 valence electrons. The molecule has 0 amide bonds. The van der Waals surface area contributed by atoms with Crippen LogP contribution in [0.3, 0.4) is 0 Å². The van der Waals surface area contributed by atoms with Crippen molar-refractivity contribution >= 4 is 11.9 Å². The lowest BCUT2D eigenvalue weighted by Crippen LogP contribution is -2.73. The Morgan fingerprint density at radius 3 is 1.25 bits per heavy atom. The van der Waals surface area contributed by atoms with Gasteiger partial charge in [-0.2, -0.15) is 0 Å². The zero-order valence-electron chi connectivity index (χ0n) is 37.7. The number of β-amino-alcohol motifs (C(OH)–C–C–N with tert-alkyl or cyclic N) is 1. The first kappa shape index (κ1) is 54.3. The molecule has 8 nitrogen and oxygen atoms in total. The Kier molecular flexibility index (Phi) is 35.2. The van der Waals surface area contributed by atoms with Crippen LogP contribution in [-0.4, -0.2) is 71.7 Å². The lowest BCUT2D eigenvalue weighted by molar-refractivity contribution is -0.223. The van der Waals surface area contributed by atoms with E-state index in [1.165, 1.54) is 103 Å². The highest BCUT2D eigenvalue weighted by Gasteiger charge is 2.59. The van der Waals surface area contributed by atoms with E-state index >= 15 is 0 Å². The maximum Gasteiger partial charge on any atom is 0.306 e. The van der Waals surface area contributed by atoms with Crippen molar-refractivity contribution in [2.24, 2.45) is 0 Å². The summed E-state index contributed by atoms with van der Waals surface area (Å²) in [5, 5.41) is 25.7. The second-order valence-corrected chi connectivity index (χ2v) is 17.1. The first-order valence-corrected chi connectivity index (χ1v) is 23.4. The Morgan fingerprint density at radius 2 is 0.857 bits per heavy atom. The summed E-state index contributed by atoms with van der Waals surface area (Å²) < 4.78 is 12.7. The zero-order chi connectivity index (χ0) is 41.6. The topological polar surface area (TPSA) is 117 Å². The Morgan fingerprint density at radius 1 is 0.500 bits per heavy atom. The lowest BCUT2D eigenvalue weighted by Gasteiger charge is -2.53. The van der Waals surface area contributed by atoms with Crippen LogP contribution >= 0.6 is 0 Å². The van der Waals surface area contributed by atoms with Gasteiger partial charge < -0.3 is 30.3 Å². The third-order valence-corrected chi connectivity index (χ3v) is 11.6. The van der Waals surface area contributed by atoms with Gasteiger partial charge in [0.2, 0.25) is 0 Å². The maximum atomic E-state index is 13.5. The molecule has 0 fully saturated rings. The van der Waals surface area contributed by atoms with Gasteiger partial charge in [0.15, 0.2) is 11.2 Å². The number of nitrogens with one attached hydrogen (secondary N) is 2. The van der Waals surface area contributed by atoms with Crippen LogP contribution in [0.2, 0.25) is 0 Å². The molecule has 0 aliphatic heterocycles. The number of allylic oxidation sites excluding steroid dienone is 4. The summed E-state index contributed by atoms with van der Waals surface area (Å²) >= 11 is 0. The predicted octanol–water partition coefficient (Wildman–Crippen LogP) is 11.6. The second kappa shape index (κ2) is 36.3. The van der Waals surface area contributed by atoms with E-state index in [9.17, 15) is 19.8 Å². The molecule has 56 heavy (non-hydrogen) atoms. The first-order valence-electron chi connectivity index (χ1n) is 23.4. The largest absolute Gasteiger partial charge is 0.454 e. The second-order valence-electron chi connectivity index (χ2n) is 17.1. The first-order chi connectivity index (χ1) is 27.0. The molecule has 0 aromatic heterocycles.